The van der Waals surface area contributed by atoms with Gasteiger partial charge in [0.1, 0.15) is 5.69 Å². The fraction of sp³-hybridized carbons (Fsp3) is 0.368. The van der Waals surface area contributed by atoms with Gasteiger partial charge >= 0.3 is 0 Å². The van der Waals surface area contributed by atoms with Gasteiger partial charge in [0, 0.05) is 28.5 Å². The highest BCUT2D eigenvalue weighted by Gasteiger charge is 2.10. The molecule has 1 aromatic carbocycles. The first kappa shape index (κ1) is 16.7. The number of H-pyrrole nitrogens is 1. The van der Waals surface area contributed by atoms with Crippen LogP contribution in [-0.2, 0) is 6.42 Å². The Hall–Kier alpha value is -2.14. The van der Waals surface area contributed by atoms with Gasteiger partial charge in [0.05, 0.1) is 5.01 Å². The van der Waals surface area contributed by atoms with Crippen LogP contribution in [0.1, 0.15) is 45.2 Å². The first-order valence-electron chi connectivity index (χ1n) is 8.32. The molecule has 3 rings (SSSR count). The minimum Gasteiger partial charge on any atom is -0.351 e. The molecule has 0 spiro atoms. The van der Waals surface area contributed by atoms with E-state index in [1.165, 1.54) is 16.1 Å². The number of carbonyl (C=O) groups excluding carboxylic acids is 1. The summed E-state index contributed by atoms with van der Waals surface area (Å²) >= 11 is 1.71. The number of hydrogen-bond acceptors (Lipinski definition) is 3. The molecule has 0 saturated heterocycles. The van der Waals surface area contributed by atoms with Crippen LogP contribution in [0.3, 0.4) is 0 Å². The summed E-state index contributed by atoms with van der Waals surface area (Å²) in [5.74, 6) is -0.0339. The molecule has 0 unspecified atom stereocenters. The average Bonchev–Trinajstić information content (AvgIpc) is 3.13. The Morgan fingerprint density at radius 1 is 1.21 bits per heavy atom. The molecule has 0 radical (unpaired) electrons. The number of fused-ring (bicyclic) bond motifs is 1. The van der Waals surface area contributed by atoms with Crippen molar-refractivity contribution in [3.63, 3.8) is 0 Å². The summed E-state index contributed by atoms with van der Waals surface area (Å²) in [4.78, 5) is 20.0. The van der Waals surface area contributed by atoms with Gasteiger partial charge in [0.2, 0.25) is 0 Å². The summed E-state index contributed by atoms with van der Waals surface area (Å²) in [6.07, 6.45) is 2.99. The summed E-state index contributed by atoms with van der Waals surface area (Å²) in [5.41, 5.74) is 5.14. The van der Waals surface area contributed by atoms with Gasteiger partial charge in [-0.3, -0.25) is 4.79 Å². The Morgan fingerprint density at radius 3 is 2.79 bits per heavy atom. The van der Waals surface area contributed by atoms with Gasteiger partial charge in [0.25, 0.3) is 5.91 Å². The zero-order valence-electron chi connectivity index (χ0n) is 14.4. The Morgan fingerprint density at radius 2 is 2.04 bits per heavy atom. The molecule has 4 nitrogen and oxygen atoms in total. The number of benzene rings is 1. The normalized spacial score (nSPS) is 11.1. The van der Waals surface area contributed by atoms with Gasteiger partial charge in [-0.15, -0.1) is 11.3 Å². The molecule has 2 heterocycles. The highest BCUT2D eigenvalue weighted by Crippen LogP contribution is 2.21. The number of carbonyl (C=O) groups is 1. The molecule has 0 saturated carbocycles. The van der Waals surface area contributed by atoms with E-state index < -0.39 is 0 Å². The van der Waals surface area contributed by atoms with Gasteiger partial charge in [-0.1, -0.05) is 6.07 Å². The van der Waals surface area contributed by atoms with Crippen LogP contribution in [0.15, 0.2) is 23.6 Å². The van der Waals surface area contributed by atoms with Gasteiger partial charge in [-0.05, 0) is 63.3 Å². The lowest BCUT2D eigenvalue weighted by Crippen LogP contribution is -2.24. The van der Waals surface area contributed by atoms with Crippen LogP contribution in [0.25, 0.3) is 10.9 Å². The Balaban J connectivity index is 1.51. The molecule has 0 aliphatic heterocycles. The summed E-state index contributed by atoms with van der Waals surface area (Å²) in [6.45, 7) is 6.85. The quantitative estimate of drug-likeness (QED) is 0.657. The van der Waals surface area contributed by atoms with E-state index in [0.717, 1.165) is 35.9 Å². The SMILES string of the molecule is Cc1cc(C)c2cc(C(=O)NCCCCc3nc(C)cs3)[nH]c2c1. The lowest BCUT2D eigenvalue weighted by atomic mass is 10.1. The van der Waals surface area contributed by atoms with Gasteiger partial charge in [-0.25, -0.2) is 4.98 Å². The van der Waals surface area contributed by atoms with Crippen molar-refractivity contribution in [1.29, 1.82) is 0 Å². The molecule has 3 aromatic rings. The van der Waals surface area contributed by atoms with Crippen molar-refractivity contribution in [3.8, 4) is 0 Å². The lowest BCUT2D eigenvalue weighted by Gasteiger charge is -2.03. The molecule has 126 valence electrons. The smallest absolute Gasteiger partial charge is 0.267 e. The third-order valence-electron chi connectivity index (χ3n) is 4.10. The molecule has 2 aromatic heterocycles. The Labute approximate surface area is 146 Å². The second kappa shape index (κ2) is 7.18. The first-order valence-corrected chi connectivity index (χ1v) is 9.20. The lowest BCUT2D eigenvalue weighted by molar-refractivity contribution is 0.0949. The van der Waals surface area contributed by atoms with E-state index in [0.29, 0.717) is 12.2 Å². The van der Waals surface area contributed by atoms with Crippen LogP contribution in [0.4, 0.5) is 0 Å². The molecule has 2 N–H and O–H groups in total. The maximum absolute atomic E-state index is 12.3. The van der Waals surface area contributed by atoms with E-state index in [1.54, 1.807) is 11.3 Å². The van der Waals surface area contributed by atoms with Crippen LogP contribution < -0.4 is 5.32 Å². The maximum atomic E-state index is 12.3. The van der Waals surface area contributed by atoms with E-state index in [1.807, 2.05) is 13.0 Å². The fourth-order valence-corrected chi connectivity index (χ4v) is 3.76. The fourth-order valence-electron chi connectivity index (χ4n) is 2.94. The second-order valence-electron chi connectivity index (χ2n) is 6.32. The number of thiazole rings is 1. The van der Waals surface area contributed by atoms with E-state index in [2.05, 4.69) is 46.6 Å². The Bertz CT molecular complexity index is 863. The average molecular weight is 341 g/mol. The van der Waals surface area contributed by atoms with Gasteiger partial charge in [-0.2, -0.15) is 0 Å². The van der Waals surface area contributed by atoms with Crippen LogP contribution in [0.2, 0.25) is 0 Å². The summed E-state index contributed by atoms with van der Waals surface area (Å²) in [6, 6.07) is 6.16. The largest absolute Gasteiger partial charge is 0.351 e. The molecule has 5 heteroatoms. The predicted molar refractivity (Wildman–Crippen MR) is 99.9 cm³/mol. The predicted octanol–water partition coefficient (Wildman–Crippen LogP) is 4.30. The number of nitrogens with zero attached hydrogens (tertiary/aromatic N) is 1. The van der Waals surface area contributed by atoms with E-state index in [9.17, 15) is 4.79 Å². The zero-order chi connectivity index (χ0) is 17.1. The first-order chi connectivity index (χ1) is 11.5. The number of aromatic nitrogens is 2. The molecule has 0 fully saturated rings. The van der Waals surface area contributed by atoms with Crippen molar-refractivity contribution in [2.24, 2.45) is 0 Å². The summed E-state index contributed by atoms with van der Waals surface area (Å²) < 4.78 is 0. The number of hydrogen-bond donors (Lipinski definition) is 2. The van der Waals surface area contributed by atoms with Gasteiger partial charge < -0.3 is 10.3 Å². The van der Waals surface area contributed by atoms with Crippen LogP contribution >= 0.6 is 11.3 Å². The summed E-state index contributed by atoms with van der Waals surface area (Å²) in [7, 11) is 0. The minimum absolute atomic E-state index is 0.0339. The van der Waals surface area contributed by atoms with Crippen LogP contribution in [0.5, 0.6) is 0 Å². The number of aromatic amines is 1. The van der Waals surface area contributed by atoms with Crippen molar-refractivity contribution < 1.29 is 4.79 Å². The standard InChI is InChI=1S/C19H23N3OS/c1-12-8-13(2)15-10-17(22-16(15)9-12)19(23)20-7-5-4-6-18-21-14(3)11-24-18/h8-11,22H,4-7H2,1-3H3,(H,20,23). The highest BCUT2D eigenvalue weighted by molar-refractivity contribution is 7.09. The van der Waals surface area contributed by atoms with E-state index in [4.69, 9.17) is 0 Å². The zero-order valence-corrected chi connectivity index (χ0v) is 15.2. The Kier molecular flexibility index (Phi) is 5.00. The minimum atomic E-state index is -0.0339. The van der Waals surface area contributed by atoms with E-state index >= 15 is 0 Å². The monoisotopic (exact) mass is 341 g/mol. The molecule has 0 bridgehead atoms. The molecular formula is C19H23N3OS. The van der Waals surface area contributed by atoms with Crippen LogP contribution in [-0.4, -0.2) is 22.4 Å². The van der Waals surface area contributed by atoms with Crippen molar-refractivity contribution in [2.45, 2.75) is 40.0 Å². The van der Waals surface area contributed by atoms with Crippen molar-refractivity contribution in [2.75, 3.05) is 6.54 Å². The third-order valence-corrected chi connectivity index (χ3v) is 5.13. The number of unbranched alkanes of at least 4 members (excludes halogenated alkanes) is 1. The topological polar surface area (TPSA) is 57.8 Å². The van der Waals surface area contributed by atoms with Gasteiger partial charge in [0.15, 0.2) is 0 Å². The number of amides is 1. The van der Waals surface area contributed by atoms with Crippen molar-refractivity contribution >= 4 is 28.1 Å². The molecule has 0 atom stereocenters. The van der Waals surface area contributed by atoms with Crippen molar-refractivity contribution in [3.05, 3.63) is 51.1 Å². The molecule has 0 aliphatic carbocycles. The highest BCUT2D eigenvalue weighted by atomic mass is 32.1. The number of nitrogens with one attached hydrogen (secondary N) is 2. The molecular weight excluding hydrogens is 318 g/mol. The second-order valence-corrected chi connectivity index (χ2v) is 7.26. The number of rotatable bonds is 6. The van der Waals surface area contributed by atoms with Crippen molar-refractivity contribution in [1.82, 2.24) is 15.3 Å². The molecule has 24 heavy (non-hydrogen) atoms. The van der Waals surface area contributed by atoms with E-state index in [-0.39, 0.29) is 5.91 Å². The molecule has 0 aliphatic rings. The third kappa shape index (κ3) is 3.85. The summed E-state index contributed by atoms with van der Waals surface area (Å²) in [5, 5.41) is 7.37. The van der Waals surface area contributed by atoms with Crippen LogP contribution in [0, 0.1) is 20.8 Å². The molecule has 1 amide bonds. The maximum Gasteiger partial charge on any atom is 0.267 e. The number of aryl methyl sites for hydroxylation is 4.